The van der Waals surface area contributed by atoms with Crippen molar-refractivity contribution >= 4 is 0 Å². The Hall–Kier alpha value is -0.720. The van der Waals surface area contributed by atoms with Crippen LogP contribution in [0.25, 0.3) is 0 Å². The van der Waals surface area contributed by atoms with Crippen LogP contribution in [0.5, 0.6) is 0 Å². The molecule has 0 saturated heterocycles. The minimum atomic E-state index is 0.755. The van der Waals surface area contributed by atoms with E-state index in [1.54, 1.807) is 14.0 Å². The molecule has 0 spiro atoms. The van der Waals surface area contributed by atoms with E-state index >= 15 is 0 Å². The lowest BCUT2D eigenvalue weighted by atomic mass is 10.4. The summed E-state index contributed by atoms with van der Waals surface area (Å²) >= 11 is 0. The van der Waals surface area contributed by atoms with Gasteiger partial charge in [0.25, 0.3) is 0 Å². The van der Waals surface area contributed by atoms with E-state index in [0.29, 0.717) is 0 Å². The summed E-state index contributed by atoms with van der Waals surface area (Å²) in [6, 6.07) is 0. The lowest BCUT2D eigenvalue weighted by Crippen LogP contribution is -1.70. The molecule has 54 valence electrons. The molecule has 0 unspecified atom stereocenters. The average molecular weight is 128 g/mol. The normalized spacial score (nSPS) is 6.67. The van der Waals surface area contributed by atoms with Crippen LogP contribution in [0.2, 0.25) is 0 Å². The monoisotopic (exact) mass is 128 g/mol. The maximum absolute atomic E-state index is 4.56. The van der Waals surface area contributed by atoms with E-state index in [1.807, 2.05) is 13.8 Å². The van der Waals surface area contributed by atoms with Crippen LogP contribution in [0, 0.1) is 0 Å². The number of hydrogen-bond acceptors (Lipinski definition) is 1. The highest BCUT2D eigenvalue weighted by molar-refractivity contribution is 4.78. The maximum Gasteiger partial charge on any atom is 0.0853 e. The van der Waals surface area contributed by atoms with Gasteiger partial charge in [0.2, 0.25) is 0 Å². The molecule has 0 radical (unpaired) electrons. The molecule has 0 aliphatic rings. The third-order valence-electron chi connectivity index (χ3n) is 0.348. The quantitative estimate of drug-likeness (QED) is 0.389. The van der Waals surface area contributed by atoms with Crippen molar-refractivity contribution in [1.29, 1.82) is 0 Å². The van der Waals surface area contributed by atoms with Gasteiger partial charge in [0.05, 0.1) is 12.9 Å². The highest BCUT2D eigenvalue weighted by atomic mass is 16.5. The molecule has 0 N–H and O–H groups in total. The zero-order chi connectivity index (χ0) is 7.86. The summed E-state index contributed by atoms with van der Waals surface area (Å²) in [6.07, 6.45) is 0. The van der Waals surface area contributed by atoms with E-state index in [0.717, 1.165) is 5.76 Å². The molecular formula is C8H16O. The summed E-state index contributed by atoms with van der Waals surface area (Å²) in [5, 5.41) is 0. The van der Waals surface area contributed by atoms with Crippen molar-refractivity contribution in [1.82, 2.24) is 0 Å². The molecule has 0 saturated carbocycles. The van der Waals surface area contributed by atoms with Crippen LogP contribution >= 0.6 is 0 Å². The predicted octanol–water partition coefficient (Wildman–Crippen LogP) is 2.75. The summed E-state index contributed by atoms with van der Waals surface area (Å²) in [6.45, 7) is 12.8. The first kappa shape index (κ1) is 11.1. The number of methoxy groups -OCH3 is 1. The fourth-order valence-corrected chi connectivity index (χ4v) is 0. The first-order valence-electron chi connectivity index (χ1n) is 2.82. The van der Waals surface area contributed by atoms with Gasteiger partial charge in [-0.3, -0.25) is 0 Å². The van der Waals surface area contributed by atoms with Crippen molar-refractivity contribution in [2.75, 3.05) is 7.11 Å². The molecule has 0 aromatic heterocycles. The molecule has 0 aliphatic carbocycles. The molecule has 9 heavy (non-hydrogen) atoms. The van der Waals surface area contributed by atoms with E-state index in [2.05, 4.69) is 17.9 Å². The van der Waals surface area contributed by atoms with Crippen LogP contribution in [-0.4, -0.2) is 7.11 Å². The van der Waals surface area contributed by atoms with Gasteiger partial charge < -0.3 is 4.74 Å². The van der Waals surface area contributed by atoms with E-state index in [9.17, 15) is 0 Å². The molecular weight excluding hydrogens is 112 g/mol. The van der Waals surface area contributed by atoms with Gasteiger partial charge in [0.1, 0.15) is 0 Å². The minimum Gasteiger partial charge on any atom is -0.502 e. The van der Waals surface area contributed by atoms with E-state index in [1.165, 1.54) is 5.57 Å². The van der Waals surface area contributed by atoms with Crippen molar-refractivity contribution in [3.63, 3.8) is 0 Å². The van der Waals surface area contributed by atoms with Crippen LogP contribution in [0.1, 0.15) is 20.8 Å². The second-order valence-corrected chi connectivity index (χ2v) is 2.11. The molecule has 0 heterocycles. The van der Waals surface area contributed by atoms with Crippen molar-refractivity contribution in [2.45, 2.75) is 20.8 Å². The van der Waals surface area contributed by atoms with Gasteiger partial charge >= 0.3 is 0 Å². The number of hydrogen-bond donors (Lipinski definition) is 0. The van der Waals surface area contributed by atoms with Crippen molar-refractivity contribution < 1.29 is 4.74 Å². The fourth-order valence-electron chi connectivity index (χ4n) is 0. The summed E-state index contributed by atoms with van der Waals surface area (Å²) < 4.78 is 4.56. The van der Waals surface area contributed by atoms with Gasteiger partial charge in [-0.25, -0.2) is 0 Å². The molecule has 1 heteroatoms. The molecule has 0 amide bonds. The van der Waals surface area contributed by atoms with E-state index < -0.39 is 0 Å². The Balaban J connectivity index is 0. The zero-order valence-corrected chi connectivity index (χ0v) is 6.82. The van der Waals surface area contributed by atoms with Crippen LogP contribution in [-0.2, 0) is 4.74 Å². The Labute approximate surface area is 58.0 Å². The summed E-state index contributed by atoms with van der Waals surface area (Å²) in [4.78, 5) is 0. The van der Waals surface area contributed by atoms with Crippen LogP contribution in [0.3, 0.4) is 0 Å². The summed E-state index contributed by atoms with van der Waals surface area (Å²) in [5.41, 5.74) is 1.17. The fraction of sp³-hybridized carbons (Fsp3) is 0.500. The van der Waals surface area contributed by atoms with Gasteiger partial charge in [0, 0.05) is 0 Å². The topological polar surface area (TPSA) is 9.23 Å². The van der Waals surface area contributed by atoms with E-state index in [-0.39, 0.29) is 0 Å². The van der Waals surface area contributed by atoms with Crippen LogP contribution in [0.4, 0.5) is 0 Å². The smallest absolute Gasteiger partial charge is 0.0853 e. The number of allylic oxidation sites excluding steroid dienone is 2. The molecule has 0 fully saturated rings. The molecule has 1 nitrogen and oxygen atoms in total. The molecule has 0 atom stereocenters. The Morgan fingerprint density at radius 2 is 1.22 bits per heavy atom. The third-order valence-corrected chi connectivity index (χ3v) is 0.348. The Bertz CT molecular complexity index is 88.7. The van der Waals surface area contributed by atoms with Crippen molar-refractivity contribution in [2.24, 2.45) is 0 Å². The largest absolute Gasteiger partial charge is 0.502 e. The standard InChI is InChI=1S/C4H8O.C4H8/c1-4(2)5-3;1-4(2)3/h1H2,2-3H3;1H2,2-3H3. The van der Waals surface area contributed by atoms with Crippen LogP contribution in [0.15, 0.2) is 24.5 Å². The number of rotatable bonds is 1. The average Bonchev–Trinajstić information content (AvgIpc) is 1.65. The SMILES string of the molecule is C=C(C)C.C=C(C)OC. The van der Waals surface area contributed by atoms with Gasteiger partial charge in [0.15, 0.2) is 0 Å². The second-order valence-electron chi connectivity index (χ2n) is 2.11. The van der Waals surface area contributed by atoms with Crippen molar-refractivity contribution in [3.8, 4) is 0 Å². The Morgan fingerprint density at radius 1 is 1.11 bits per heavy atom. The first-order valence-corrected chi connectivity index (χ1v) is 2.82. The highest BCUT2D eigenvalue weighted by Gasteiger charge is 1.65. The molecule has 0 aliphatic heterocycles. The highest BCUT2D eigenvalue weighted by Crippen LogP contribution is 1.80. The minimum absolute atomic E-state index is 0.755. The zero-order valence-electron chi connectivity index (χ0n) is 6.82. The first-order chi connectivity index (χ1) is 4.00. The maximum atomic E-state index is 4.56. The van der Waals surface area contributed by atoms with Gasteiger partial charge in [-0.2, -0.15) is 0 Å². The molecule has 0 aromatic carbocycles. The van der Waals surface area contributed by atoms with Gasteiger partial charge in [-0.15, -0.1) is 6.58 Å². The third kappa shape index (κ3) is 124. The predicted molar refractivity (Wildman–Crippen MR) is 42.3 cm³/mol. The summed E-state index contributed by atoms with van der Waals surface area (Å²) in [7, 11) is 1.60. The molecule has 0 aromatic rings. The van der Waals surface area contributed by atoms with Gasteiger partial charge in [-0.05, 0) is 20.8 Å². The molecule has 0 rings (SSSR count). The van der Waals surface area contributed by atoms with Crippen LogP contribution < -0.4 is 0 Å². The lowest BCUT2D eigenvalue weighted by molar-refractivity contribution is 0.295. The lowest BCUT2D eigenvalue weighted by Gasteiger charge is -1.88. The van der Waals surface area contributed by atoms with E-state index in [4.69, 9.17) is 0 Å². The Morgan fingerprint density at radius 3 is 1.22 bits per heavy atom. The van der Waals surface area contributed by atoms with Gasteiger partial charge in [-0.1, -0.05) is 12.2 Å². The summed E-state index contributed by atoms with van der Waals surface area (Å²) in [5.74, 6) is 0.755. The van der Waals surface area contributed by atoms with Crippen molar-refractivity contribution in [3.05, 3.63) is 24.5 Å². The number of ether oxygens (including phenoxy) is 1. The Kier molecular flexibility index (Phi) is 9.00. The molecule has 0 bridgehead atoms. The second kappa shape index (κ2) is 7.28.